The predicted octanol–water partition coefficient (Wildman–Crippen LogP) is 1.78. The van der Waals surface area contributed by atoms with Gasteiger partial charge in [-0.2, -0.15) is 4.98 Å². The number of methoxy groups -OCH3 is 1. The number of carbonyl (C=O) groups excluding carboxylic acids is 1. The summed E-state index contributed by atoms with van der Waals surface area (Å²) in [4.78, 5) is 15.8. The maximum absolute atomic E-state index is 11.8. The number of nitrogens with one attached hydrogen (secondary N) is 2. The van der Waals surface area contributed by atoms with Crippen LogP contribution in [-0.4, -0.2) is 34.8 Å². The molecule has 0 saturated heterocycles. The third kappa shape index (κ3) is 4.48. The Hall–Kier alpha value is -2.57. The molecule has 1 aromatic carbocycles. The van der Waals surface area contributed by atoms with Crippen molar-refractivity contribution in [1.29, 1.82) is 0 Å². The number of nitrogens with zero attached hydrogens (tertiary/aromatic N) is 2. The van der Waals surface area contributed by atoms with Gasteiger partial charge in [0.1, 0.15) is 5.75 Å². The van der Waals surface area contributed by atoms with Crippen molar-refractivity contribution in [2.24, 2.45) is 0 Å². The van der Waals surface area contributed by atoms with Crippen LogP contribution in [-0.2, 0) is 11.2 Å². The van der Waals surface area contributed by atoms with Gasteiger partial charge in [0.15, 0.2) is 0 Å². The van der Waals surface area contributed by atoms with Gasteiger partial charge in [-0.25, -0.2) is 5.10 Å². The van der Waals surface area contributed by atoms with Crippen molar-refractivity contribution < 1.29 is 14.3 Å². The van der Waals surface area contributed by atoms with E-state index >= 15 is 0 Å². The van der Waals surface area contributed by atoms with E-state index in [4.69, 9.17) is 9.47 Å². The summed E-state index contributed by atoms with van der Waals surface area (Å²) in [6.07, 6.45) is 0.999. The summed E-state index contributed by atoms with van der Waals surface area (Å²) in [5.74, 6) is 0.955. The number of aromatic amines is 1. The highest BCUT2D eigenvalue weighted by Gasteiger charge is 2.08. The molecule has 0 atom stereocenters. The number of hydrogen-bond acceptors (Lipinski definition) is 5. The first-order valence-electron chi connectivity index (χ1n) is 6.69. The van der Waals surface area contributed by atoms with Crippen molar-refractivity contribution in [3.8, 4) is 11.8 Å². The van der Waals surface area contributed by atoms with E-state index < -0.39 is 0 Å². The first-order chi connectivity index (χ1) is 10.2. The average molecular weight is 290 g/mol. The Labute approximate surface area is 122 Å². The van der Waals surface area contributed by atoms with Crippen LogP contribution in [0.15, 0.2) is 24.3 Å². The molecule has 0 aliphatic carbocycles. The largest absolute Gasteiger partial charge is 0.497 e. The zero-order chi connectivity index (χ0) is 15.1. The summed E-state index contributed by atoms with van der Waals surface area (Å²) < 4.78 is 10.2. The van der Waals surface area contributed by atoms with E-state index in [2.05, 4.69) is 20.5 Å². The molecule has 0 saturated carbocycles. The van der Waals surface area contributed by atoms with Crippen LogP contribution >= 0.6 is 0 Å². The summed E-state index contributed by atoms with van der Waals surface area (Å²) in [7, 11) is 1.62. The minimum absolute atomic E-state index is 0.134. The number of benzene rings is 1. The number of hydrogen-bond donors (Lipinski definition) is 2. The van der Waals surface area contributed by atoms with Crippen LogP contribution in [0.2, 0.25) is 0 Å². The van der Waals surface area contributed by atoms with Crippen molar-refractivity contribution in [2.45, 2.75) is 19.8 Å². The number of carbonyl (C=O) groups is 1. The summed E-state index contributed by atoms with van der Waals surface area (Å²) >= 11 is 0. The van der Waals surface area contributed by atoms with Crippen molar-refractivity contribution in [1.82, 2.24) is 15.2 Å². The monoisotopic (exact) mass is 290 g/mol. The smallest absolute Gasteiger partial charge is 0.337 e. The molecule has 0 fully saturated rings. The number of aromatic nitrogens is 3. The fraction of sp³-hybridized carbons (Fsp3) is 0.357. The fourth-order valence-electron chi connectivity index (χ4n) is 1.74. The number of rotatable bonds is 7. The molecule has 0 bridgehead atoms. The maximum Gasteiger partial charge on any atom is 0.337 e. The van der Waals surface area contributed by atoms with Gasteiger partial charge in [0, 0.05) is 6.42 Å². The quantitative estimate of drug-likeness (QED) is 0.811. The molecule has 0 spiro atoms. The first-order valence-corrected chi connectivity index (χ1v) is 6.69. The van der Waals surface area contributed by atoms with Gasteiger partial charge >= 0.3 is 6.01 Å². The highest BCUT2D eigenvalue weighted by atomic mass is 16.5. The second kappa shape index (κ2) is 7.28. The maximum atomic E-state index is 11.8. The van der Waals surface area contributed by atoms with Crippen molar-refractivity contribution in [3.05, 3.63) is 29.8 Å². The molecule has 7 nitrogen and oxygen atoms in total. The Balaban J connectivity index is 1.80. The van der Waals surface area contributed by atoms with E-state index in [-0.39, 0.29) is 17.9 Å². The normalized spacial score (nSPS) is 10.2. The first kappa shape index (κ1) is 14.8. The number of anilines is 1. The highest BCUT2D eigenvalue weighted by Crippen LogP contribution is 2.13. The zero-order valence-electron chi connectivity index (χ0n) is 12.0. The van der Waals surface area contributed by atoms with Crippen molar-refractivity contribution in [3.63, 3.8) is 0 Å². The van der Waals surface area contributed by atoms with Crippen LogP contribution in [0.4, 0.5) is 5.95 Å². The molecule has 0 radical (unpaired) electrons. The molecule has 0 unspecified atom stereocenters. The van der Waals surface area contributed by atoms with Crippen LogP contribution in [0.3, 0.4) is 0 Å². The SMILES string of the molecule is CCOc1n[nH]c(NC(=O)CCc2ccc(OC)cc2)n1. The Morgan fingerprint density at radius 2 is 2.10 bits per heavy atom. The van der Waals surface area contributed by atoms with E-state index in [1.54, 1.807) is 7.11 Å². The van der Waals surface area contributed by atoms with E-state index in [9.17, 15) is 4.79 Å². The molecule has 0 aliphatic heterocycles. The summed E-state index contributed by atoms with van der Waals surface area (Å²) in [6.45, 7) is 2.31. The number of aryl methyl sites for hydroxylation is 1. The minimum Gasteiger partial charge on any atom is -0.497 e. The van der Waals surface area contributed by atoms with Crippen LogP contribution < -0.4 is 14.8 Å². The molecular formula is C14H18N4O3. The second-order valence-corrected chi connectivity index (χ2v) is 4.30. The Morgan fingerprint density at radius 3 is 2.76 bits per heavy atom. The Bertz CT molecular complexity index is 580. The molecule has 2 aromatic rings. The standard InChI is InChI=1S/C14H18N4O3/c1-3-21-14-16-13(17-18-14)15-12(19)9-6-10-4-7-11(20-2)8-5-10/h4-5,7-8H,3,6,9H2,1-2H3,(H2,15,16,17,18,19). The predicted molar refractivity (Wildman–Crippen MR) is 77.5 cm³/mol. The number of amides is 1. The zero-order valence-corrected chi connectivity index (χ0v) is 12.0. The molecule has 1 aromatic heterocycles. The number of H-pyrrole nitrogens is 1. The van der Waals surface area contributed by atoms with Crippen LogP contribution in [0, 0.1) is 0 Å². The van der Waals surface area contributed by atoms with Crippen LogP contribution in [0.25, 0.3) is 0 Å². The second-order valence-electron chi connectivity index (χ2n) is 4.30. The van der Waals surface area contributed by atoms with E-state index in [1.807, 2.05) is 31.2 Å². The Morgan fingerprint density at radius 1 is 1.33 bits per heavy atom. The molecular weight excluding hydrogens is 272 g/mol. The van der Waals surface area contributed by atoms with Gasteiger partial charge in [-0.15, -0.1) is 5.10 Å². The third-order valence-electron chi connectivity index (χ3n) is 2.80. The molecule has 21 heavy (non-hydrogen) atoms. The van der Waals surface area contributed by atoms with Crippen LogP contribution in [0.1, 0.15) is 18.9 Å². The lowest BCUT2D eigenvalue weighted by atomic mass is 10.1. The molecule has 1 heterocycles. The lowest BCUT2D eigenvalue weighted by molar-refractivity contribution is -0.116. The lowest BCUT2D eigenvalue weighted by Gasteiger charge is -2.03. The Kier molecular flexibility index (Phi) is 5.14. The van der Waals surface area contributed by atoms with Gasteiger partial charge in [0.05, 0.1) is 13.7 Å². The van der Waals surface area contributed by atoms with E-state index in [0.717, 1.165) is 11.3 Å². The van der Waals surface area contributed by atoms with Crippen molar-refractivity contribution in [2.75, 3.05) is 19.0 Å². The molecule has 112 valence electrons. The van der Waals surface area contributed by atoms with Gasteiger partial charge in [0.2, 0.25) is 11.9 Å². The summed E-state index contributed by atoms with van der Waals surface area (Å²) in [5.41, 5.74) is 1.07. The van der Waals surface area contributed by atoms with Gasteiger partial charge in [0.25, 0.3) is 0 Å². The average Bonchev–Trinajstić information content (AvgIpc) is 2.93. The molecule has 2 N–H and O–H groups in total. The molecule has 1 amide bonds. The van der Waals surface area contributed by atoms with E-state index in [0.29, 0.717) is 19.4 Å². The fourth-order valence-corrected chi connectivity index (χ4v) is 1.74. The third-order valence-corrected chi connectivity index (χ3v) is 2.80. The van der Waals surface area contributed by atoms with Crippen molar-refractivity contribution >= 4 is 11.9 Å². The molecule has 0 aliphatic rings. The number of ether oxygens (including phenoxy) is 2. The van der Waals surface area contributed by atoms with Gasteiger partial charge < -0.3 is 9.47 Å². The molecule has 2 rings (SSSR count). The van der Waals surface area contributed by atoms with Gasteiger partial charge in [-0.3, -0.25) is 10.1 Å². The summed E-state index contributed by atoms with van der Waals surface area (Å²) in [6, 6.07) is 7.85. The minimum atomic E-state index is -0.134. The highest BCUT2D eigenvalue weighted by molar-refractivity contribution is 5.89. The summed E-state index contributed by atoms with van der Waals surface area (Å²) in [5, 5.41) is 9.05. The van der Waals surface area contributed by atoms with Gasteiger partial charge in [-0.1, -0.05) is 12.1 Å². The lowest BCUT2D eigenvalue weighted by Crippen LogP contribution is -2.13. The molecule has 7 heteroatoms. The van der Waals surface area contributed by atoms with Crippen LogP contribution in [0.5, 0.6) is 11.8 Å². The van der Waals surface area contributed by atoms with Gasteiger partial charge in [-0.05, 0) is 31.0 Å². The topological polar surface area (TPSA) is 89.1 Å². The van der Waals surface area contributed by atoms with E-state index in [1.165, 1.54) is 0 Å².